The third-order valence-corrected chi connectivity index (χ3v) is 2.77. The first-order chi connectivity index (χ1) is 7.69. The third-order valence-electron chi connectivity index (χ3n) is 2.77. The number of aliphatic hydroxyl groups excluding tert-OH is 1. The van der Waals surface area contributed by atoms with Crippen LogP contribution in [0, 0.1) is 0 Å². The Labute approximate surface area is 95.4 Å². The molecule has 1 N–H and O–H groups in total. The number of rotatable bonds is 6. The molecule has 6 heteroatoms. The van der Waals surface area contributed by atoms with Crippen LogP contribution >= 0.6 is 0 Å². The third kappa shape index (κ3) is 2.71. The highest BCUT2D eigenvalue weighted by Crippen LogP contribution is 2.27. The molecular weight excluding hydrogens is 216 g/mol. The summed E-state index contributed by atoms with van der Waals surface area (Å²) < 4.78 is 26.1. The number of methoxy groups -OCH3 is 4. The lowest BCUT2D eigenvalue weighted by molar-refractivity contribution is -0.160. The fourth-order valence-electron chi connectivity index (χ4n) is 1.94. The number of ether oxygens (including phenoxy) is 5. The van der Waals surface area contributed by atoms with Crippen LogP contribution in [0.25, 0.3) is 0 Å². The number of hydrogen-bond donors (Lipinski definition) is 1. The minimum absolute atomic E-state index is 0.301. The summed E-state index contributed by atoms with van der Waals surface area (Å²) in [5, 5.41) is 9.65. The van der Waals surface area contributed by atoms with Crippen LogP contribution in [-0.2, 0) is 23.7 Å². The molecule has 1 rings (SSSR count). The summed E-state index contributed by atoms with van der Waals surface area (Å²) in [5.74, 6) is 0. The molecule has 16 heavy (non-hydrogen) atoms. The Hall–Kier alpha value is -0.240. The molecule has 5 atom stereocenters. The van der Waals surface area contributed by atoms with E-state index in [4.69, 9.17) is 23.7 Å². The zero-order valence-electron chi connectivity index (χ0n) is 10.1. The highest BCUT2D eigenvalue weighted by molar-refractivity contribution is 4.92. The van der Waals surface area contributed by atoms with Gasteiger partial charge in [0, 0.05) is 28.4 Å². The smallest absolute Gasteiger partial charge is 0.184 e. The van der Waals surface area contributed by atoms with E-state index in [0.29, 0.717) is 6.61 Å². The van der Waals surface area contributed by atoms with Crippen molar-refractivity contribution in [3.8, 4) is 0 Å². The van der Waals surface area contributed by atoms with Crippen LogP contribution in [-0.4, -0.2) is 70.9 Å². The highest BCUT2D eigenvalue weighted by atomic mass is 16.7. The minimum atomic E-state index is -1.01. The lowest BCUT2D eigenvalue weighted by atomic mass is 10.1. The van der Waals surface area contributed by atoms with Crippen molar-refractivity contribution in [2.75, 3.05) is 35.0 Å². The second-order valence-electron chi connectivity index (χ2n) is 3.62. The Morgan fingerprint density at radius 3 is 2.19 bits per heavy atom. The Bertz CT molecular complexity index is 200. The molecule has 1 aliphatic rings. The summed E-state index contributed by atoms with van der Waals surface area (Å²) >= 11 is 0. The first-order valence-electron chi connectivity index (χ1n) is 5.10. The molecule has 0 aliphatic carbocycles. The molecule has 1 saturated heterocycles. The van der Waals surface area contributed by atoms with Gasteiger partial charge in [-0.15, -0.1) is 0 Å². The first kappa shape index (κ1) is 13.8. The molecule has 0 aromatic rings. The molecule has 1 fully saturated rings. The van der Waals surface area contributed by atoms with E-state index in [1.165, 1.54) is 7.11 Å². The van der Waals surface area contributed by atoms with Crippen LogP contribution < -0.4 is 0 Å². The molecule has 0 spiro atoms. The van der Waals surface area contributed by atoms with Gasteiger partial charge in [-0.3, -0.25) is 0 Å². The summed E-state index contributed by atoms with van der Waals surface area (Å²) in [6.07, 6.45) is -2.60. The number of hydrogen-bond acceptors (Lipinski definition) is 6. The van der Waals surface area contributed by atoms with Crippen molar-refractivity contribution >= 4 is 0 Å². The largest absolute Gasteiger partial charge is 0.382 e. The van der Waals surface area contributed by atoms with Crippen molar-refractivity contribution in [3.05, 3.63) is 0 Å². The van der Waals surface area contributed by atoms with Crippen molar-refractivity contribution in [1.29, 1.82) is 0 Å². The zero-order valence-corrected chi connectivity index (χ0v) is 10.1. The average Bonchev–Trinajstić information content (AvgIpc) is 2.61. The normalized spacial score (nSPS) is 36.6. The van der Waals surface area contributed by atoms with Crippen LogP contribution in [0.2, 0.25) is 0 Å². The molecule has 1 heterocycles. The second-order valence-corrected chi connectivity index (χ2v) is 3.62. The Morgan fingerprint density at radius 2 is 1.75 bits per heavy atom. The predicted molar refractivity (Wildman–Crippen MR) is 55.1 cm³/mol. The second kappa shape index (κ2) is 6.48. The topological polar surface area (TPSA) is 66.4 Å². The average molecular weight is 236 g/mol. The quantitative estimate of drug-likeness (QED) is 0.664. The van der Waals surface area contributed by atoms with Gasteiger partial charge in [0.15, 0.2) is 6.29 Å². The van der Waals surface area contributed by atoms with Crippen molar-refractivity contribution in [2.24, 2.45) is 0 Å². The van der Waals surface area contributed by atoms with Crippen LogP contribution in [0.3, 0.4) is 0 Å². The molecule has 6 nitrogen and oxygen atoms in total. The van der Waals surface area contributed by atoms with Crippen molar-refractivity contribution < 1.29 is 28.8 Å². The Kier molecular flexibility index (Phi) is 5.60. The van der Waals surface area contributed by atoms with Gasteiger partial charge in [0.25, 0.3) is 0 Å². The van der Waals surface area contributed by atoms with Crippen molar-refractivity contribution in [3.63, 3.8) is 0 Å². The summed E-state index contributed by atoms with van der Waals surface area (Å²) in [6.45, 7) is 0.365. The maximum Gasteiger partial charge on any atom is 0.184 e. The van der Waals surface area contributed by atoms with Gasteiger partial charge >= 0.3 is 0 Å². The van der Waals surface area contributed by atoms with Crippen LogP contribution in [0.5, 0.6) is 0 Å². The summed E-state index contributed by atoms with van der Waals surface area (Å²) in [6, 6.07) is 0. The van der Waals surface area contributed by atoms with Crippen LogP contribution in [0.4, 0.5) is 0 Å². The first-order valence-corrected chi connectivity index (χ1v) is 5.10. The van der Waals surface area contributed by atoms with Crippen LogP contribution in [0.1, 0.15) is 0 Å². The Morgan fingerprint density at radius 1 is 1.12 bits per heavy atom. The standard InChI is InChI=1S/C10H20O6/c1-12-5-6(13-2)7-8(14-3)9(15-4)10(11)16-7/h6-11H,5H2,1-4H3/t6-,7-,8+,9-,10+/m0/s1. The molecule has 0 bridgehead atoms. The van der Waals surface area contributed by atoms with E-state index in [1.54, 1.807) is 21.3 Å². The van der Waals surface area contributed by atoms with Gasteiger partial charge in [0.1, 0.15) is 24.4 Å². The van der Waals surface area contributed by atoms with Gasteiger partial charge in [-0.25, -0.2) is 0 Å². The predicted octanol–water partition coefficient (Wildman–Crippen LogP) is -0.605. The molecule has 0 radical (unpaired) electrons. The van der Waals surface area contributed by atoms with E-state index in [2.05, 4.69) is 0 Å². The highest BCUT2D eigenvalue weighted by Gasteiger charge is 2.48. The maximum atomic E-state index is 9.65. The van der Waals surface area contributed by atoms with Gasteiger partial charge in [0.05, 0.1) is 6.61 Å². The molecule has 0 aromatic heterocycles. The van der Waals surface area contributed by atoms with E-state index in [0.717, 1.165) is 0 Å². The molecular formula is C10H20O6. The fraction of sp³-hybridized carbons (Fsp3) is 1.00. The monoisotopic (exact) mass is 236 g/mol. The van der Waals surface area contributed by atoms with Crippen molar-refractivity contribution in [1.82, 2.24) is 0 Å². The van der Waals surface area contributed by atoms with Gasteiger partial charge in [-0.2, -0.15) is 0 Å². The van der Waals surface area contributed by atoms with E-state index in [1.807, 2.05) is 0 Å². The summed E-state index contributed by atoms with van der Waals surface area (Å²) in [5.41, 5.74) is 0. The van der Waals surface area contributed by atoms with Gasteiger partial charge in [-0.1, -0.05) is 0 Å². The Balaban J connectivity index is 2.71. The number of aliphatic hydroxyl groups is 1. The van der Waals surface area contributed by atoms with Gasteiger partial charge in [-0.05, 0) is 0 Å². The van der Waals surface area contributed by atoms with Crippen LogP contribution in [0.15, 0.2) is 0 Å². The maximum absolute atomic E-state index is 9.65. The van der Waals surface area contributed by atoms with E-state index < -0.39 is 18.5 Å². The lowest BCUT2D eigenvalue weighted by Crippen LogP contribution is -2.43. The van der Waals surface area contributed by atoms with Gasteiger partial charge in [0.2, 0.25) is 0 Å². The van der Waals surface area contributed by atoms with E-state index in [9.17, 15) is 5.11 Å². The zero-order chi connectivity index (χ0) is 12.1. The molecule has 0 unspecified atom stereocenters. The SMILES string of the molecule is COC[C@H](OC)[C@@H]1O[C@@H](O)[C@@H](OC)[C@@H]1OC. The molecule has 0 aromatic carbocycles. The molecule has 0 saturated carbocycles. The lowest BCUT2D eigenvalue weighted by Gasteiger charge is -2.26. The van der Waals surface area contributed by atoms with Gasteiger partial charge < -0.3 is 28.8 Å². The van der Waals surface area contributed by atoms with E-state index >= 15 is 0 Å². The molecule has 96 valence electrons. The summed E-state index contributed by atoms with van der Waals surface area (Å²) in [4.78, 5) is 0. The minimum Gasteiger partial charge on any atom is -0.382 e. The van der Waals surface area contributed by atoms with E-state index in [-0.39, 0.29) is 12.2 Å². The molecule has 1 aliphatic heterocycles. The molecule has 0 amide bonds. The summed E-state index contributed by atoms with van der Waals surface area (Å²) in [7, 11) is 6.19. The fourth-order valence-corrected chi connectivity index (χ4v) is 1.94. The van der Waals surface area contributed by atoms with Crippen molar-refractivity contribution in [2.45, 2.75) is 30.7 Å².